The molecule has 3 aromatic rings. The van der Waals surface area contributed by atoms with Crippen LogP contribution in [0.15, 0.2) is 81.9 Å². The number of benzene rings is 2. The largest absolute Gasteiger partial charge is 0.349 e. The van der Waals surface area contributed by atoms with E-state index in [0.29, 0.717) is 5.75 Å². The molecule has 0 aliphatic heterocycles. The van der Waals surface area contributed by atoms with Gasteiger partial charge in [0.1, 0.15) is 10.1 Å². The number of nitrogens with zero attached hydrogens (tertiary/aromatic N) is 2. The molecule has 0 saturated heterocycles. The van der Waals surface area contributed by atoms with Crippen molar-refractivity contribution in [3.63, 3.8) is 0 Å². The highest BCUT2D eigenvalue weighted by atomic mass is 32.2. The smallest absolute Gasteiger partial charge is 0.230 e. The SMILES string of the molecule is Cc1ccccc1Sc1nccnc1SCC(=O)N[C@H](C)c1ccccc1. The van der Waals surface area contributed by atoms with Gasteiger partial charge in [0, 0.05) is 17.3 Å². The van der Waals surface area contributed by atoms with Crippen LogP contribution in [0.5, 0.6) is 0 Å². The lowest BCUT2D eigenvalue weighted by Crippen LogP contribution is -2.28. The van der Waals surface area contributed by atoms with E-state index in [2.05, 4.69) is 34.3 Å². The van der Waals surface area contributed by atoms with E-state index in [-0.39, 0.29) is 11.9 Å². The summed E-state index contributed by atoms with van der Waals surface area (Å²) in [4.78, 5) is 22.3. The summed E-state index contributed by atoms with van der Waals surface area (Å²) < 4.78 is 0. The van der Waals surface area contributed by atoms with Gasteiger partial charge in [-0.05, 0) is 31.0 Å². The maximum Gasteiger partial charge on any atom is 0.230 e. The fraction of sp³-hybridized carbons (Fsp3) is 0.190. The highest BCUT2D eigenvalue weighted by molar-refractivity contribution is 8.02. The molecule has 1 atom stereocenters. The summed E-state index contributed by atoms with van der Waals surface area (Å²) in [6, 6.07) is 18.1. The summed E-state index contributed by atoms with van der Waals surface area (Å²) >= 11 is 2.99. The second kappa shape index (κ2) is 9.58. The first-order chi connectivity index (χ1) is 13.1. The Morgan fingerprint density at radius 2 is 1.67 bits per heavy atom. The van der Waals surface area contributed by atoms with Gasteiger partial charge in [-0.2, -0.15) is 0 Å². The van der Waals surface area contributed by atoms with Gasteiger partial charge in [-0.15, -0.1) is 0 Å². The number of nitrogens with one attached hydrogen (secondary N) is 1. The predicted molar refractivity (Wildman–Crippen MR) is 111 cm³/mol. The monoisotopic (exact) mass is 395 g/mol. The van der Waals surface area contributed by atoms with Crippen LogP contribution in [0.1, 0.15) is 24.1 Å². The number of hydrogen-bond donors (Lipinski definition) is 1. The van der Waals surface area contributed by atoms with E-state index in [9.17, 15) is 4.79 Å². The van der Waals surface area contributed by atoms with E-state index in [1.807, 2.05) is 49.4 Å². The lowest BCUT2D eigenvalue weighted by atomic mass is 10.1. The molecule has 3 rings (SSSR count). The van der Waals surface area contributed by atoms with Crippen LogP contribution in [-0.2, 0) is 4.79 Å². The zero-order valence-corrected chi connectivity index (χ0v) is 16.9. The van der Waals surface area contributed by atoms with Crippen molar-refractivity contribution >= 4 is 29.4 Å². The average Bonchev–Trinajstić information content (AvgIpc) is 2.69. The normalized spacial score (nSPS) is 11.8. The standard InChI is InChI=1S/C21H21N3OS2/c1-15-8-6-7-11-18(15)27-21-20(22-12-13-23-21)26-14-19(25)24-16(2)17-9-4-3-5-10-17/h3-13,16H,14H2,1-2H3,(H,24,25)/t16-/m1/s1. The van der Waals surface area contributed by atoms with Crippen LogP contribution < -0.4 is 5.32 Å². The lowest BCUT2D eigenvalue weighted by molar-refractivity contribution is -0.119. The molecule has 1 N–H and O–H groups in total. The maximum absolute atomic E-state index is 12.3. The Balaban J connectivity index is 1.61. The molecule has 0 aliphatic rings. The zero-order valence-electron chi connectivity index (χ0n) is 15.3. The van der Waals surface area contributed by atoms with Crippen LogP contribution in [0.2, 0.25) is 0 Å². The van der Waals surface area contributed by atoms with E-state index in [0.717, 1.165) is 20.5 Å². The molecular formula is C21H21N3OS2. The van der Waals surface area contributed by atoms with E-state index in [4.69, 9.17) is 0 Å². The second-order valence-electron chi connectivity index (χ2n) is 6.02. The van der Waals surface area contributed by atoms with Gasteiger partial charge < -0.3 is 5.32 Å². The first-order valence-electron chi connectivity index (χ1n) is 8.65. The molecular weight excluding hydrogens is 374 g/mol. The van der Waals surface area contributed by atoms with Crippen molar-refractivity contribution in [3.8, 4) is 0 Å². The fourth-order valence-electron chi connectivity index (χ4n) is 2.50. The number of rotatable bonds is 7. The Bertz CT molecular complexity index is 903. The third-order valence-corrected chi connectivity index (χ3v) is 6.23. The van der Waals surface area contributed by atoms with Crippen LogP contribution in [0.3, 0.4) is 0 Å². The van der Waals surface area contributed by atoms with E-state index in [1.165, 1.54) is 17.3 Å². The van der Waals surface area contributed by atoms with Gasteiger partial charge in [-0.1, -0.05) is 72.1 Å². The molecule has 0 aliphatic carbocycles. The number of amides is 1. The summed E-state index contributed by atoms with van der Waals surface area (Å²) in [6.07, 6.45) is 3.34. The summed E-state index contributed by atoms with van der Waals surface area (Å²) in [7, 11) is 0. The minimum atomic E-state index is -0.0260. The van der Waals surface area contributed by atoms with E-state index < -0.39 is 0 Å². The molecule has 6 heteroatoms. The maximum atomic E-state index is 12.3. The first kappa shape index (κ1) is 19.5. The second-order valence-corrected chi connectivity index (χ2v) is 8.02. The lowest BCUT2D eigenvalue weighted by Gasteiger charge is -2.14. The van der Waals surface area contributed by atoms with Crippen molar-refractivity contribution in [2.75, 3.05) is 5.75 Å². The summed E-state index contributed by atoms with van der Waals surface area (Å²) in [5.41, 5.74) is 2.28. The molecule has 1 amide bonds. The van der Waals surface area contributed by atoms with Gasteiger partial charge in [0.15, 0.2) is 0 Å². The quantitative estimate of drug-likeness (QED) is 0.576. The van der Waals surface area contributed by atoms with Crippen LogP contribution in [0.4, 0.5) is 0 Å². The topological polar surface area (TPSA) is 54.9 Å². The Hall–Kier alpha value is -2.31. The van der Waals surface area contributed by atoms with Crippen molar-refractivity contribution in [2.24, 2.45) is 0 Å². The molecule has 0 unspecified atom stereocenters. The number of carbonyl (C=O) groups excluding carboxylic acids is 1. The van der Waals surface area contributed by atoms with Crippen molar-refractivity contribution in [1.82, 2.24) is 15.3 Å². The summed E-state index contributed by atoms with van der Waals surface area (Å²) in [5, 5.41) is 4.62. The molecule has 0 radical (unpaired) electrons. The van der Waals surface area contributed by atoms with Crippen LogP contribution in [-0.4, -0.2) is 21.6 Å². The molecule has 138 valence electrons. The Morgan fingerprint density at radius 3 is 2.41 bits per heavy atom. The van der Waals surface area contributed by atoms with Crippen LogP contribution in [0.25, 0.3) is 0 Å². The number of carbonyl (C=O) groups is 1. The molecule has 2 aromatic carbocycles. The Kier molecular flexibility index (Phi) is 6.90. The van der Waals surface area contributed by atoms with Gasteiger partial charge in [0.25, 0.3) is 0 Å². The van der Waals surface area contributed by atoms with E-state index >= 15 is 0 Å². The minimum absolute atomic E-state index is 0.0196. The summed E-state index contributed by atoms with van der Waals surface area (Å²) in [6.45, 7) is 4.06. The zero-order chi connectivity index (χ0) is 19.1. The first-order valence-corrected chi connectivity index (χ1v) is 10.5. The molecule has 0 fully saturated rings. The van der Waals surface area contributed by atoms with Crippen molar-refractivity contribution in [1.29, 1.82) is 0 Å². The third kappa shape index (κ3) is 5.58. The number of aromatic nitrogens is 2. The Morgan fingerprint density at radius 1 is 1.00 bits per heavy atom. The van der Waals surface area contributed by atoms with Gasteiger partial charge in [-0.25, -0.2) is 9.97 Å². The number of aryl methyl sites for hydroxylation is 1. The minimum Gasteiger partial charge on any atom is -0.349 e. The molecule has 0 bridgehead atoms. The third-order valence-electron chi connectivity index (χ3n) is 3.95. The van der Waals surface area contributed by atoms with Gasteiger partial charge >= 0.3 is 0 Å². The van der Waals surface area contributed by atoms with Gasteiger partial charge in [0.2, 0.25) is 5.91 Å². The fourth-order valence-corrected chi connectivity index (χ4v) is 4.30. The highest BCUT2D eigenvalue weighted by Crippen LogP contribution is 2.34. The van der Waals surface area contributed by atoms with Crippen molar-refractivity contribution in [2.45, 2.75) is 34.8 Å². The van der Waals surface area contributed by atoms with Crippen molar-refractivity contribution < 1.29 is 4.79 Å². The summed E-state index contributed by atoms with van der Waals surface area (Å²) in [5.74, 6) is 0.283. The molecule has 1 aromatic heterocycles. The van der Waals surface area contributed by atoms with Crippen molar-refractivity contribution in [3.05, 3.63) is 78.1 Å². The number of hydrogen-bond acceptors (Lipinski definition) is 5. The van der Waals surface area contributed by atoms with Crippen LogP contribution in [0, 0.1) is 6.92 Å². The Labute approximate surface area is 168 Å². The van der Waals surface area contributed by atoms with Crippen LogP contribution >= 0.6 is 23.5 Å². The molecule has 1 heterocycles. The molecule has 0 spiro atoms. The van der Waals surface area contributed by atoms with E-state index in [1.54, 1.807) is 24.2 Å². The molecule has 27 heavy (non-hydrogen) atoms. The van der Waals surface area contributed by atoms with Gasteiger partial charge in [-0.3, -0.25) is 4.79 Å². The number of thioether (sulfide) groups is 1. The average molecular weight is 396 g/mol. The van der Waals surface area contributed by atoms with Gasteiger partial charge in [0.05, 0.1) is 11.8 Å². The predicted octanol–water partition coefficient (Wildman–Crippen LogP) is 4.91. The molecule has 4 nitrogen and oxygen atoms in total. The molecule has 0 saturated carbocycles. The highest BCUT2D eigenvalue weighted by Gasteiger charge is 2.13.